The van der Waals surface area contributed by atoms with Crippen LogP contribution < -0.4 is 32.9 Å². The van der Waals surface area contributed by atoms with E-state index in [9.17, 15) is 4.39 Å². The zero-order valence-electron chi connectivity index (χ0n) is 18.8. The molecule has 0 radical (unpaired) electrons. The molecule has 0 fully saturated rings. The molecule has 0 aliphatic heterocycles. The third-order valence-electron chi connectivity index (χ3n) is 6.14. The molecule has 5 rings (SSSR count). The van der Waals surface area contributed by atoms with Gasteiger partial charge in [-0.15, -0.1) is 0 Å². The summed E-state index contributed by atoms with van der Waals surface area (Å²) in [5.74, 6) is -0.232. The molecule has 0 spiro atoms. The molecule has 0 saturated heterocycles. The summed E-state index contributed by atoms with van der Waals surface area (Å²) in [5.41, 5.74) is 4.05. The van der Waals surface area contributed by atoms with Crippen molar-refractivity contribution in [3.63, 3.8) is 0 Å². The average Bonchev–Trinajstić information content (AvgIpc) is 2.90. The summed E-state index contributed by atoms with van der Waals surface area (Å²) in [6.07, 6.45) is 1.84. The Balaban J connectivity index is 0.00000274. The van der Waals surface area contributed by atoms with Crippen LogP contribution in [-0.4, -0.2) is 11.6 Å². The third-order valence-corrected chi connectivity index (χ3v) is 10.2. The lowest BCUT2D eigenvalue weighted by atomic mass is 10.0. The summed E-state index contributed by atoms with van der Waals surface area (Å²) < 4.78 is 13.4. The summed E-state index contributed by atoms with van der Waals surface area (Å²) in [4.78, 5) is 4.76. The van der Waals surface area contributed by atoms with Crippen molar-refractivity contribution in [3.8, 4) is 22.4 Å². The second-order valence-electron chi connectivity index (χ2n) is 8.13. The van der Waals surface area contributed by atoms with Crippen molar-refractivity contribution in [2.75, 3.05) is 6.66 Å². The molecule has 1 aromatic heterocycles. The van der Waals surface area contributed by atoms with Gasteiger partial charge in [-0.1, -0.05) is 60.7 Å². The SMILES string of the molecule is C[P+](c1ccccc1)(c1ccccc1)c1ccccc1-c1cc(-c2ccc(F)cc2)ccn1.[Br-]. The van der Waals surface area contributed by atoms with Crippen molar-refractivity contribution in [2.24, 2.45) is 0 Å². The highest BCUT2D eigenvalue weighted by molar-refractivity contribution is 7.95. The lowest BCUT2D eigenvalue weighted by Crippen LogP contribution is -3.00. The fraction of sp³-hybridized carbons (Fsp3) is 0.0333. The summed E-state index contributed by atoms with van der Waals surface area (Å²) >= 11 is 0. The molecule has 0 aliphatic carbocycles. The van der Waals surface area contributed by atoms with E-state index in [1.165, 1.54) is 28.0 Å². The van der Waals surface area contributed by atoms with Crippen LogP contribution in [0.15, 0.2) is 128 Å². The molecule has 0 bridgehead atoms. The third kappa shape index (κ3) is 4.59. The normalized spacial score (nSPS) is 11.0. The van der Waals surface area contributed by atoms with E-state index in [2.05, 4.69) is 97.7 Å². The van der Waals surface area contributed by atoms with Crippen molar-refractivity contribution < 1.29 is 21.4 Å². The first-order chi connectivity index (χ1) is 16.2. The number of hydrogen-bond donors (Lipinski definition) is 0. The highest BCUT2D eigenvalue weighted by atomic mass is 79.9. The van der Waals surface area contributed by atoms with Crippen molar-refractivity contribution in [1.29, 1.82) is 0 Å². The van der Waals surface area contributed by atoms with E-state index in [4.69, 9.17) is 4.98 Å². The Kier molecular flexibility index (Phi) is 7.36. The average molecular weight is 528 g/mol. The van der Waals surface area contributed by atoms with Crippen LogP contribution in [0.3, 0.4) is 0 Å². The van der Waals surface area contributed by atoms with E-state index in [1.807, 2.05) is 24.4 Å². The van der Waals surface area contributed by atoms with Crippen LogP contribution in [0.2, 0.25) is 0 Å². The van der Waals surface area contributed by atoms with E-state index < -0.39 is 7.26 Å². The first-order valence-electron chi connectivity index (χ1n) is 11.0. The minimum Gasteiger partial charge on any atom is -1.00 e. The first kappa shape index (κ1) is 24.0. The van der Waals surface area contributed by atoms with Gasteiger partial charge in [-0.3, -0.25) is 4.98 Å². The number of benzene rings is 4. The van der Waals surface area contributed by atoms with Gasteiger partial charge in [0, 0.05) is 11.8 Å². The molecular weight excluding hydrogens is 504 g/mol. The lowest BCUT2D eigenvalue weighted by molar-refractivity contribution is -0.00000703. The van der Waals surface area contributed by atoms with Crippen LogP contribution >= 0.6 is 7.26 Å². The van der Waals surface area contributed by atoms with Crippen molar-refractivity contribution in [2.45, 2.75) is 0 Å². The molecule has 4 aromatic carbocycles. The van der Waals surface area contributed by atoms with Crippen LogP contribution in [-0.2, 0) is 0 Å². The molecule has 0 atom stereocenters. The highest BCUT2D eigenvalue weighted by Crippen LogP contribution is 2.53. The van der Waals surface area contributed by atoms with E-state index in [1.54, 1.807) is 0 Å². The monoisotopic (exact) mass is 527 g/mol. The Bertz CT molecular complexity index is 1330. The maximum atomic E-state index is 13.4. The number of hydrogen-bond acceptors (Lipinski definition) is 1. The Hall–Kier alpha value is -3.13. The predicted octanol–water partition coefficient (Wildman–Crippen LogP) is 3.48. The fourth-order valence-corrected chi connectivity index (χ4v) is 7.81. The van der Waals surface area contributed by atoms with Gasteiger partial charge in [-0.2, -0.15) is 0 Å². The molecule has 0 saturated carbocycles. The van der Waals surface area contributed by atoms with E-state index in [0.717, 1.165) is 22.4 Å². The van der Waals surface area contributed by atoms with Crippen LogP contribution in [0, 0.1) is 5.82 Å². The van der Waals surface area contributed by atoms with E-state index in [0.29, 0.717) is 0 Å². The number of nitrogens with zero attached hydrogens (tertiary/aromatic N) is 1. The molecule has 0 unspecified atom stereocenters. The first-order valence-corrected chi connectivity index (χ1v) is 13.2. The van der Waals surface area contributed by atoms with Crippen LogP contribution in [0.25, 0.3) is 22.4 Å². The molecular formula is C30H24BrFNP. The van der Waals surface area contributed by atoms with Gasteiger partial charge >= 0.3 is 0 Å². The minimum atomic E-state index is -1.91. The second-order valence-corrected chi connectivity index (χ2v) is 11.7. The lowest BCUT2D eigenvalue weighted by Gasteiger charge is -2.25. The van der Waals surface area contributed by atoms with Gasteiger partial charge in [0.05, 0.1) is 12.4 Å². The van der Waals surface area contributed by atoms with E-state index >= 15 is 0 Å². The Morgan fingerprint density at radius 2 is 1.18 bits per heavy atom. The summed E-state index contributed by atoms with van der Waals surface area (Å²) in [6.45, 7) is 2.39. The molecule has 0 amide bonds. The molecule has 1 nitrogen and oxygen atoms in total. The van der Waals surface area contributed by atoms with Gasteiger partial charge in [0.2, 0.25) is 0 Å². The van der Waals surface area contributed by atoms with Crippen molar-refractivity contribution in [1.82, 2.24) is 4.98 Å². The number of aromatic nitrogens is 1. The van der Waals surface area contributed by atoms with Gasteiger partial charge in [0.25, 0.3) is 0 Å². The van der Waals surface area contributed by atoms with Gasteiger partial charge in [-0.25, -0.2) is 4.39 Å². The molecule has 34 heavy (non-hydrogen) atoms. The zero-order valence-corrected chi connectivity index (χ0v) is 21.3. The molecule has 0 aliphatic rings. The molecule has 1 heterocycles. The number of halogens is 2. The molecule has 4 heteroatoms. The van der Waals surface area contributed by atoms with E-state index in [-0.39, 0.29) is 22.8 Å². The Morgan fingerprint density at radius 3 is 1.79 bits per heavy atom. The van der Waals surface area contributed by atoms with Gasteiger partial charge in [-0.05, 0) is 71.8 Å². The summed E-state index contributed by atoms with van der Waals surface area (Å²) in [7, 11) is -1.91. The van der Waals surface area contributed by atoms with Gasteiger partial charge < -0.3 is 17.0 Å². The van der Waals surface area contributed by atoms with Crippen LogP contribution in [0.4, 0.5) is 4.39 Å². The predicted molar refractivity (Wildman–Crippen MR) is 140 cm³/mol. The standard InChI is InChI=1S/C30H24FNP.BrH/c1-33(26-10-4-2-5-11-26,27-12-6-3-7-13-27)30-15-9-8-14-28(30)29-22-24(20-21-32-29)23-16-18-25(31)19-17-23;/h2-22H,1H3;1H/q+1;/p-1. The maximum absolute atomic E-state index is 13.4. The minimum absolute atomic E-state index is 0. The Morgan fingerprint density at radius 1 is 0.618 bits per heavy atom. The zero-order chi connectivity index (χ0) is 22.7. The van der Waals surface area contributed by atoms with Crippen molar-refractivity contribution in [3.05, 3.63) is 133 Å². The number of pyridine rings is 1. The molecule has 168 valence electrons. The quantitative estimate of drug-likeness (QED) is 0.319. The number of rotatable bonds is 5. The molecule has 0 N–H and O–H groups in total. The smallest absolute Gasteiger partial charge is 0.123 e. The highest BCUT2D eigenvalue weighted by Gasteiger charge is 2.42. The summed E-state index contributed by atoms with van der Waals surface area (Å²) in [5, 5.41) is 3.96. The topological polar surface area (TPSA) is 12.9 Å². The van der Waals surface area contributed by atoms with Gasteiger partial charge in [0.15, 0.2) is 0 Å². The Labute approximate surface area is 211 Å². The van der Waals surface area contributed by atoms with Gasteiger partial charge in [0.1, 0.15) is 29.0 Å². The largest absolute Gasteiger partial charge is 1.00 e. The van der Waals surface area contributed by atoms with Crippen LogP contribution in [0.5, 0.6) is 0 Å². The summed E-state index contributed by atoms with van der Waals surface area (Å²) in [6, 6.07) is 40.8. The second kappa shape index (κ2) is 10.4. The fourth-order valence-electron chi connectivity index (χ4n) is 4.36. The van der Waals surface area contributed by atoms with Crippen LogP contribution in [0.1, 0.15) is 0 Å². The van der Waals surface area contributed by atoms with Crippen molar-refractivity contribution >= 4 is 23.2 Å². The molecule has 5 aromatic rings. The maximum Gasteiger partial charge on any atom is 0.123 e.